The molecule has 3 aromatic carbocycles. The Bertz CT molecular complexity index is 1110. The Labute approximate surface area is 162 Å². The first-order valence-corrected chi connectivity index (χ1v) is 9.96. The molecule has 0 aliphatic carbocycles. The lowest BCUT2D eigenvalue weighted by atomic mass is 10.1. The highest BCUT2D eigenvalue weighted by Gasteiger charge is 2.19. The maximum absolute atomic E-state index is 12.8. The van der Waals surface area contributed by atoms with Gasteiger partial charge in [0.25, 0.3) is 0 Å². The summed E-state index contributed by atoms with van der Waals surface area (Å²) in [6.07, 6.45) is 0. The maximum Gasteiger partial charge on any atom is 0.237 e. The molecule has 1 heterocycles. The van der Waals surface area contributed by atoms with Gasteiger partial charge in [0.1, 0.15) is 0 Å². The van der Waals surface area contributed by atoms with Crippen molar-refractivity contribution in [1.82, 2.24) is 9.55 Å². The molecule has 0 aliphatic rings. The fourth-order valence-corrected chi connectivity index (χ4v) is 4.22. The second-order valence-electron chi connectivity index (χ2n) is 6.40. The number of amides is 1. The summed E-state index contributed by atoms with van der Waals surface area (Å²) in [6.45, 7) is 4.84. The molecular formula is C22H21N3OS. The average molecular weight is 375 g/mol. The van der Waals surface area contributed by atoms with Crippen LogP contribution in [0.5, 0.6) is 0 Å². The number of carbonyl (C=O) groups is 1. The predicted octanol–water partition coefficient (Wildman–Crippen LogP) is 5.33. The summed E-state index contributed by atoms with van der Waals surface area (Å²) in [4.78, 5) is 17.5. The molecule has 0 bridgehead atoms. The van der Waals surface area contributed by atoms with Gasteiger partial charge in [-0.15, -0.1) is 0 Å². The number of anilines is 1. The van der Waals surface area contributed by atoms with Gasteiger partial charge in [-0.1, -0.05) is 60.3 Å². The molecule has 0 saturated heterocycles. The lowest BCUT2D eigenvalue weighted by Gasteiger charge is -2.14. The molecule has 0 saturated carbocycles. The van der Waals surface area contributed by atoms with Crippen molar-refractivity contribution in [2.24, 2.45) is 0 Å². The van der Waals surface area contributed by atoms with Crippen LogP contribution in [0.4, 0.5) is 5.69 Å². The Hall–Kier alpha value is -2.79. The van der Waals surface area contributed by atoms with E-state index in [-0.39, 0.29) is 11.2 Å². The number of aryl methyl sites for hydroxylation is 1. The molecule has 0 spiro atoms. The van der Waals surface area contributed by atoms with Crippen LogP contribution >= 0.6 is 11.8 Å². The zero-order chi connectivity index (χ0) is 18.8. The van der Waals surface area contributed by atoms with Crippen LogP contribution in [-0.2, 0) is 11.3 Å². The number of aromatic nitrogens is 2. The van der Waals surface area contributed by atoms with Gasteiger partial charge in [-0.3, -0.25) is 4.79 Å². The summed E-state index contributed by atoms with van der Waals surface area (Å²) in [5.74, 6) is -0.0222. The minimum atomic E-state index is -0.258. The molecule has 0 aliphatic heterocycles. The molecule has 0 fully saturated rings. The first-order valence-electron chi connectivity index (χ1n) is 9.08. The monoisotopic (exact) mass is 375 g/mol. The third-order valence-electron chi connectivity index (χ3n) is 4.63. The molecule has 1 atom stereocenters. The number of hydrogen-bond acceptors (Lipinski definition) is 3. The van der Waals surface area contributed by atoms with E-state index >= 15 is 0 Å². The molecule has 1 N–H and O–H groups in total. The molecule has 4 aromatic rings. The molecule has 27 heavy (non-hydrogen) atoms. The zero-order valence-corrected chi connectivity index (χ0v) is 16.2. The number of imidazole rings is 1. The lowest BCUT2D eigenvalue weighted by molar-refractivity contribution is -0.115. The predicted molar refractivity (Wildman–Crippen MR) is 113 cm³/mol. The van der Waals surface area contributed by atoms with Gasteiger partial charge in [-0.25, -0.2) is 4.98 Å². The van der Waals surface area contributed by atoms with Gasteiger partial charge < -0.3 is 9.88 Å². The summed E-state index contributed by atoms with van der Waals surface area (Å²) in [7, 11) is 0. The summed E-state index contributed by atoms with van der Waals surface area (Å²) < 4.78 is 2.15. The highest BCUT2D eigenvalue weighted by atomic mass is 32.2. The number of nitrogens with zero attached hydrogens (tertiary/aromatic N) is 2. The average Bonchev–Trinajstić information content (AvgIpc) is 3.05. The second-order valence-corrected chi connectivity index (χ2v) is 7.71. The van der Waals surface area contributed by atoms with Crippen LogP contribution in [0.25, 0.3) is 21.8 Å². The standard InChI is InChI=1S/C22H21N3OS/c1-3-25-20-14-7-6-12-19(20)24-22(25)27-15(2)21(26)23-18-13-8-10-16-9-4-5-11-17(16)18/h4-15H,3H2,1-2H3,(H,23,26)/t15-/m1/s1. The minimum Gasteiger partial charge on any atom is -0.325 e. The number of benzene rings is 3. The van der Waals surface area contributed by atoms with E-state index in [2.05, 4.69) is 22.9 Å². The second kappa shape index (κ2) is 7.45. The van der Waals surface area contributed by atoms with Crippen molar-refractivity contribution >= 4 is 45.2 Å². The Morgan fingerprint density at radius 2 is 1.81 bits per heavy atom. The van der Waals surface area contributed by atoms with E-state index in [0.29, 0.717) is 0 Å². The summed E-state index contributed by atoms with van der Waals surface area (Å²) in [5.41, 5.74) is 2.90. The Morgan fingerprint density at radius 1 is 1.07 bits per heavy atom. The van der Waals surface area contributed by atoms with Crippen molar-refractivity contribution in [3.05, 3.63) is 66.7 Å². The normalized spacial score (nSPS) is 12.4. The van der Waals surface area contributed by atoms with Crippen LogP contribution < -0.4 is 5.32 Å². The van der Waals surface area contributed by atoms with Crippen molar-refractivity contribution in [2.45, 2.75) is 30.8 Å². The van der Waals surface area contributed by atoms with E-state index in [9.17, 15) is 4.79 Å². The number of hydrogen-bond donors (Lipinski definition) is 1. The van der Waals surface area contributed by atoms with Gasteiger partial charge in [-0.05, 0) is 37.4 Å². The van der Waals surface area contributed by atoms with Gasteiger partial charge in [0.2, 0.25) is 5.91 Å². The van der Waals surface area contributed by atoms with Crippen LogP contribution in [0.3, 0.4) is 0 Å². The molecule has 4 rings (SSSR count). The summed E-state index contributed by atoms with van der Waals surface area (Å²) in [6, 6.07) is 22.1. The number of nitrogens with one attached hydrogen (secondary N) is 1. The number of fused-ring (bicyclic) bond motifs is 2. The largest absolute Gasteiger partial charge is 0.325 e. The van der Waals surface area contributed by atoms with E-state index < -0.39 is 0 Å². The fraction of sp³-hybridized carbons (Fsp3) is 0.182. The highest BCUT2D eigenvalue weighted by Crippen LogP contribution is 2.29. The SMILES string of the molecule is CCn1c(S[C@H](C)C(=O)Nc2cccc3ccccc23)nc2ccccc21. The molecule has 136 valence electrons. The summed E-state index contributed by atoms with van der Waals surface area (Å²) in [5, 5.41) is 5.86. The third kappa shape index (κ3) is 3.43. The topological polar surface area (TPSA) is 46.9 Å². The van der Waals surface area contributed by atoms with E-state index in [1.807, 2.05) is 67.6 Å². The summed E-state index contributed by atoms with van der Waals surface area (Å²) >= 11 is 1.49. The van der Waals surface area contributed by atoms with E-state index in [1.54, 1.807) is 0 Å². The maximum atomic E-state index is 12.8. The van der Waals surface area contributed by atoms with E-state index in [0.717, 1.165) is 39.2 Å². The van der Waals surface area contributed by atoms with Gasteiger partial charge in [0.15, 0.2) is 5.16 Å². The molecule has 1 amide bonds. The number of carbonyl (C=O) groups excluding carboxylic acids is 1. The zero-order valence-electron chi connectivity index (χ0n) is 15.3. The van der Waals surface area contributed by atoms with Crippen molar-refractivity contribution < 1.29 is 4.79 Å². The number of thioether (sulfide) groups is 1. The molecule has 0 radical (unpaired) electrons. The van der Waals surface area contributed by atoms with Crippen LogP contribution in [0.2, 0.25) is 0 Å². The molecule has 0 unspecified atom stereocenters. The van der Waals surface area contributed by atoms with Crippen LogP contribution in [-0.4, -0.2) is 20.7 Å². The number of rotatable bonds is 5. The Balaban J connectivity index is 1.56. The Morgan fingerprint density at radius 3 is 2.67 bits per heavy atom. The lowest BCUT2D eigenvalue weighted by Crippen LogP contribution is -2.23. The Kier molecular flexibility index (Phi) is 4.86. The highest BCUT2D eigenvalue weighted by molar-refractivity contribution is 8.00. The smallest absolute Gasteiger partial charge is 0.237 e. The van der Waals surface area contributed by atoms with Crippen LogP contribution in [0, 0.1) is 0 Å². The van der Waals surface area contributed by atoms with E-state index in [1.165, 1.54) is 11.8 Å². The number of para-hydroxylation sites is 2. The first-order chi connectivity index (χ1) is 13.2. The van der Waals surface area contributed by atoms with Crippen molar-refractivity contribution in [3.63, 3.8) is 0 Å². The molecule has 4 nitrogen and oxygen atoms in total. The molecular weight excluding hydrogens is 354 g/mol. The quantitative estimate of drug-likeness (QED) is 0.480. The minimum absolute atomic E-state index is 0.0222. The molecule has 1 aromatic heterocycles. The van der Waals surface area contributed by atoms with Crippen molar-refractivity contribution in [1.29, 1.82) is 0 Å². The van der Waals surface area contributed by atoms with E-state index in [4.69, 9.17) is 4.98 Å². The third-order valence-corrected chi connectivity index (χ3v) is 5.72. The van der Waals surface area contributed by atoms with Gasteiger partial charge in [-0.2, -0.15) is 0 Å². The first kappa shape index (κ1) is 17.6. The van der Waals surface area contributed by atoms with Crippen LogP contribution in [0.1, 0.15) is 13.8 Å². The van der Waals surface area contributed by atoms with Crippen LogP contribution in [0.15, 0.2) is 71.9 Å². The van der Waals surface area contributed by atoms with Gasteiger partial charge >= 0.3 is 0 Å². The van der Waals surface area contributed by atoms with Crippen molar-refractivity contribution in [2.75, 3.05) is 5.32 Å². The fourth-order valence-electron chi connectivity index (χ4n) is 3.23. The van der Waals surface area contributed by atoms with Gasteiger partial charge in [0.05, 0.1) is 16.3 Å². The molecule has 5 heteroatoms. The van der Waals surface area contributed by atoms with Crippen molar-refractivity contribution in [3.8, 4) is 0 Å². The van der Waals surface area contributed by atoms with Gasteiger partial charge in [0, 0.05) is 17.6 Å².